The van der Waals surface area contributed by atoms with E-state index in [1.165, 1.54) is 30.5 Å². The fourth-order valence-electron chi connectivity index (χ4n) is 1.46. The molecule has 0 aromatic carbocycles. The van der Waals surface area contributed by atoms with Crippen molar-refractivity contribution in [1.82, 2.24) is 4.90 Å². The molecule has 0 saturated heterocycles. The first-order valence-electron chi connectivity index (χ1n) is 5.73. The van der Waals surface area contributed by atoms with Gasteiger partial charge < -0.3 is 9.84 Å². The van der Waals surface area contributed by atoms with Gasteiger partial charge in [0.05, 0.1) is 0 Å². The molecule has 0 aromatic heterocycles. The van der Waals surface area contributed by atoms with Crippen molar-refractivity contribution in [3.8, 4) is 0 Å². The zero-order valence-electron chi connectivity index (χ0n) is 11.3. The first-order chi connectivity index (χ1) is 8.17. The van der Waals surface area contributed by atoms with Crippen molar-refractivity contribution < 1.29 is 19.4 Å². The molecule has 0 unspecified atom stereocenters. The summed E-state index contributed by atoms with van der Waals surface area (Å²) in [6.45, 7) is 8.64. The van der Waals surface area contributed by atoms with E-state index in [0.29, 0.717) is 10.7 Å². The van der Waals surface area contributed by atoms with Gasteiger partial charge in [-0.05, 0) is 20.8 Å². The Morgan fingerprint density at radius 2 is 2.06 bits per heavy atom. The van der Waals surface area contributed by atoms with Gasteiger partial charge in [-0.15, -0.1) is 11.8 Å². The Kier molecular flexibility index (Phi) is 4.32. The lowest BCUT2D eigenvalue weighted by atomic mass is 10.0. The van der Waals surface area contributed by atoms with Crippen molar-refractivity contribution in [2.75, 3.05) is 6.73 Å². The van der Waals surface area contributed by atoms with Crippen LogP contribution in [0.25, 0.3) is 0 Å². The highest BCUT2D eigenvalue weighted by Crippen LogP contribution is 2.32. The van der Waals surface area contributed by atoms with Crippen LogP contribution in [0.3, 0.4) is 0 Å². The van der Waals surface area contributed by atoms with Crippen LogP contribution in [0, 0.1) is 0 Å². The number of allylic oxidation sites excluding steroid dienone is 1. The summed E-state index contributed by atoms with van der Waals surface area (Å²) in [6, 6.07) is 0. The van der Waals surface area contributed by atoms with Gasteiger partial charge >= 0.3 is 5.97 Å². The SMILES string of the molecule is CC1=C(SC(C)C)C(=O)N(C(C)(C)C(=O)O)CO1. The fourth-order valence-corrected chi connectivity index (χ4v) is 2.37. The summed E-state index contributed by atoms with van der Waals surface area (Å²) in [5.41, 5.74) is -1.28. The number of rotatable bonds is 4. The second-order valence-corrected chi connectivity index (χ2v) is 6.51. The Labute approximate surface area is 111 Å². The summed E-state index contributed by atoms with van der Waals surface area (Å²) in [7, 11) is 0. The summed E-state index contributed by atoms with van der Waals surface area (Å²) >= 11 is 1.39. The van der Waals surface area contributed by atoms with Gasteiger partial charge in [0.2, 0.25) is 0 Å². The summed E-state index contributed by atoms with van der Waals surface area (Å²) in [6.07, 6.45) is 0. The van der Waals surface area contributed by atoms with E-state index >= 15 is 0 Å². The molecule has 0 radical (unpaired) electrons. The molecule has 5 nitrogen and oxygen atoms in total. The quantitative estimate of drug-likeness (QED) is 0.849. The third kappa shape index (κ3) is 2.80. The van der Waals surface area contributed by atoms with E-state index < -0.39 is 11.5 Å². The molecule has 0 aromatic rings. The van der Waals surface area contributed by atoms with Gasteiger partial charge in [0, 0.05) is 5.25 Å². The maximum absolute atomic E-state index is 12.3. The molecule has 1 aliphatic rings. The molecule has 1 amide bonds. The summed E-state index contributed by atoms with van der Waals surface area (Å²) in [5, 5.41) is 9.40. The zero-order valence-corrected chi connectivity index (χ0v) is 12.1. The summed E-state index contributed by atoms with van der Waals surface area (Å²) in [4.78, 5) is 25.3. The smallest absolute Gasteiger partial charge is 0.329 e. The molecule has 102 valence electrons. The third-order valence-corrected chi connectivity index (χ3v) is 3.89. The summed E-state index contributed by atoms with van der Waals surface area (Å²) < 4.78 is 5.41. The van der Waals surface area contributed by atoms with E-state index in [0.717, 1.165) is 0 Å². The van der Waals surface area contributed by atoms with Crippen LogP contribution in [0.1, 0.15) is 34.6 Å². The second kappa shape index (κ2) is 5.22. The van der Waals surface area contributed by atoms with Crippen LogP contribution in [0.5, 0.6) is 0 Å². The van der Waals surface area contributed by atoms with Crippen LogP contribution in [0.2, 0.25) is 0 Å². The van der Waals surface area contributed by atoms with Crippen molar-refractivity contribution in [3.05, 3.63) is 10.7 Å². The standard InChI is InChI=1S/C12H19NO4S/c1-7(2)18-9-8(3)17-6-13(10(9)14)12(4,5)11(15)16/h7H,6H2,1-5H3,(H,15,16). The Morgan fingerprint density at radius 1 is 1.50 bits per heavy atom. The van der Waals surface area contributed by atoms with E-state index in [-0.39, 0.29) is 17.9 Å². The van der Waals surface area contributed by atoms with Crippen LogP contribution in [0.15, 0.2) is 10.7 Å². The molecule has 0 fully saturated rings. The Balaban J connectivity index is 3.04. The molecular formula is C12H19NO4S. The molecule has 0 bridgehead atoms. The number of hydrogen-bond acceptors (Lipinski definition) is 4. The molecule has 0 aliphatic carbocycles. The van der Waals surface area contributed by atoms with Gasteiger partial charge in [-0.3, -0.25) is 9.69 Å². The fraction of sp³-hybridized carbons (Fsp3) is 0.667. The highest BCUT2D eigenvalue weighted by atomic mass is 32.2. The van der Waals surface area contributed by atoms with Crippen LogP contribution in [-0.2, 0) is 14.3 Å². The van der Waals surface area contributed by atoms with Crippen molar-refractivity contribution >= 4 is 23.6 Å². The first kappa shape index (κ1) is 14.9. The molecule has 1 aliphatic heterocycles. The summed E-state index contributed by atoms with van der Waals surface area (Å²) in [5.74, 6) is -0.756. The van der Waals surface area contributed by atoms with Gasteiger partial charge in [0.1, 0.15) is 16.2 Å². The average molecular weight is 273 g/mol. The number of aliphatic carboxylic acids is 1. The maximum Gasteiger partial charge on any atom is 0.329 e. The third-order valence-electron chi connectivity index (χ3n) is 2.72. The van der Waals surface area contributed by atoms with Crippen molar-refractivity contribution in [1.29, 1.82) is 0 Å². The number of ether oxygens (including phenoxy) is 1. The predicted octanol–water partition coefficient (Wildman–Crippen LogP) is 2.04. The maximum atomic E-state index is 12.3. The van der Waals surface area contributed by atoms with Crippen molar-refractivity contribution in [2.45, 2.75) is 45.4 Å². The minimum atomic E-state index is -1.28. The Morgan fingerprint density at radius 3 is 2.50 bits per heavy atom. The lowest BCUT2D eigenvalue weighted by Crippen LogP contribution is -2.55. The van der Waals surface area contributed by atoms with E-state index in [2.05, 4.69) is 0 Å². The number of carboxylic acid groups (broad SMARTS) is 1. The molecule has 1 rings (SSSR count). The monoisotopic (exact) mass is 273 g/mol. The van der Waals surface area contributed by atoms with Crippen LogP contribution in [0.4, 0.5) is 0 Å². The predicted molar refractivity (Wildman–Crippen MR) is 69.9 cm³/mol. The molecule has 1 heterocycles. The average Bonchev–Trinajstić information content (AvgIpc) is 2.23. The molecule has 1 N–H and O–H groups in total. The van der Waals surface area contributed by atoms with Gasteiger partial charge in [0.15, 0.2) is 6.73 Å². The highest BCUT2D eigenvalue weighted by Gasteiger charge is 2.42. The molecule has 6 heteroatoms. The van der Waals surface area contributed by atoms with Crippen LogP contribution >= 0.6 is 11.8 Å². The minimum absolute atomic E-state index is 0.0217. The molecule has 0 saturated carbocycles. The topological polar surface area (TPSA) is 66.8 Å². The molecular weight excluding hydrogens is 254 g/mol. The van der Waals surface area contributed by atoms with Crippen molar-refractivity contribution in [3.63, 3.8) is 0 Å². The van der Waals surface area contributed by atoms with E-state index in [4.69, 9.17) is 4.74 Å². The number of carboxylic acids is 1. The van der Waals surface area contributed by atoms with Crippen LogP contribution in [-0.4, -0.2) is 39.4 Å². The number of amides is 1. The highest BCUT2D eigenvalue weighted by molar-refractivity contribution is 8.04. The number of carbonyl (C=O) groups is 2. The number of carbonyl (C=O) groups excluding carboxylic acids is 1. The Bertz CT molecular complexity index is 401. The largest absolute Gasteiger partial charge is 0.480 e. The van der Waals surface area contributed by atoms with E-state index in [1.54, 1.807) is 6.92 Å². The van der Waals surface area contributed by atoms with Gasteiger partial charge in [-0.1, -0.05) is 13.8 Å². The Hall–Kier alpha value is -1.17. The van der Waals surface area contributed by atoms with Crippen molar-refractivity contribution in [2.24, 2.45) is 0 Å². The van der Waals surface area contributed by atoms with E-state index in [1.807, 2.05) is 13.8 Å². The number of hydrogen-bond donors (Lipinski definition) is 1. The second-order valence-electron chi connectivity index (χ2n) is 4.92. The number of nitrogens with zero attached hydrogens (tertiary/aromatic N) is 1. The number of thioether (sulfide) groups is 1. The van der Waals surface area contributed by atoms with Gasteiger partial charge in [-0.2, -0.15) is 0 Å². The van der Waals surface area contributed by atoms with Crippen LogP contribution < -0.4 is 0 Å². The molecule has 18 heavy (non-hydrogen) atoms. The first-order valence-corrected chi connectivity index (χ1v) is 6.61. The minimum Gasteiger partial charge on any atom is -0.480 e. The normalized spacial score (nSPS) is 17.2. The lowest BCUT2D eigenvalue weighted by molar-refractivity contribution is -0.161. The molecule has 0 spiro atoms. The molecule has 0 atom stereocenters. The van der Waals surface area contributed by atoms with E-state index in [9.17, 15) is 14.7 Å². The van der Waals surface area contributed by atoms with Gasteiger partial charge in [0.25, 0.3) is 5.91 Å². The van der Waals surface area contributed by atoms with Gasteiger partial charge in [-0.25, -0.2) is 4.79 Å². The lowest BCUT2D eigenvalue weighted by Gasteiger charge is -2.38. The zero-order chi connectivity index (χ0) is 14.1.